The van der Waals surface area contributed by atoms with Crippen molar-refractivity contribution in [3.8, 4) is 0 Å². The summed E-state index contributed by atoms with van der Waals surface area (Å²) in [7, 11) is 0. The van der Waals surface area contributed by atoms with Gasteiger partial charge in [-0.2, -0.15) is 0 Å². The zero-order valence-corrected chi connectivity index (χ0v) is 18.8. The van der Waals surface area contributed by atoms with E-state index in [1.165, 1.54) is 148 Å². The van der Waals surface area contributed by atoms with Gasteiger partial charge in [0.15, 0.2) is 0 Å². The molecular weight excluding hydrogens is 335 g/mol. The third-order valence-corrected chi connectivity index (χ3v) is 5.77. The predicted molar refractivity (Wildman–Crippen MR) is 129 cm³/mol. The molecule has 0 nitrogen and oxygen atoms in total. The van der Waals surface area contributed by atoms with Crippen LogP contribution in [0.5, 0.6) is 0 Å². The zero-order chi connectivity index (χ0) is 19.0. The van der Waals surface area contributed by atoms with Crippen molar-refractivity contribution in [2.24, 2.45) is 0 Å². The third-order valence-electron chi connectivity index (χ3n) is 5.77. The van der Waals surface area contributed by atoms with Crippen LogP contribution in [-0.2, 0) is 0 Å². The molecular formula is C26H54Na. The van der Waals surface area contributed by atoms with E-state index in [2.05, 4.69) is 20.3 Å². The van der Waals surface area contributed by atoms with Crippen LogP contribution in [0.3, 0.4) is 0 Å². The average molecular weight is 390 g/mol. The van der Waals surface area contributed by atoms with E-state index in [0.29, 0.717) is 0 Å². The van der Waals surface area contributed by atoms with E-state index in [4.69, 9.17) is 0 Å². The van der Waals surface area contributed by atoms with Crippen molar-refractivity contribution in [2.45, 2.75) is 162 Å². The second-order valence-electron chi connectivity index (χ2n) is 8.58. The van der Waals surface area contributed by atoms with Crippen LogP contribution in [0, 0.1) is 6.42 Å². The summed E-state index contributed by atoms with van der Waals surface area (Å²) in [5, 5.41) is 0. The Morgan fingerprint density at radius 2 is 0.556 bits per heavy atom. The summed E-state index contributed by atoms with van der Waals surface area (Å²) in [5.74, 6) is 0. The van der Waals surface area contributed by atoms with Crippen LogP contribution in [-0.4, -0.2) is 29.6 Å². The molecule has 0 aliphatic rings. The molecule has 0 saturated carbocycles. The fourth-order valence-corrected chi connectivity index (χ4v) is 3.87. The van der Waals surface area contributed by atoms with Gasteiger partial charge in [-0.05, 0) is 6.42 Å². The molecule has 0 spiro atoms. The molecule has 0 aliphatic heterocycles. The van der Waals surface area contributed by atoms with Crippen LogP contribution in [0.15, 0.2) is 0 Å². The SMILES string of the molecule is CCCCCCCC[CH]CCCCCCCCCCCCCCCCC.[NaH]. The molecule has 0 bridgehead atoms. The summed E-state index contributed by atoms with van der Waals surface area (Å²) < 4.78 is 0. The molecule has 159 valence electrons. The normalized spacial score (nSPS) is 10.9. The monoisotopic (exact) mass is 389 g/mol. The maximum atomic E-state index is 2.56. The van der Waals surface area contributed by atoms with Gasteiger partial charge in [-0.15, -0.1) is 0 Å². The van der Waals surface area contributed by atoms with E-state index in [0.717, 1.165) is 0 Å². The fraction of sp³-hybridized carbons (Fsp3) is 0.962. The standard InChI is InChI=1S/C26H53.Na.H/c1-3-5-7-9-11-13-15-17-19-21-23-25-26-24-22-20-18-16-14-12-10-8-6-4-2;;/h17H,3-16,18-26H2,1-2H3;;. The first-order chi connectivity index (χ1) is 12.9. The summed E-state index contributed by atoms with van der Waals surface area (Å²) in [6.45, 7) is 4.60. The molecule has 0 aromatic rings. The van der Waals surface area contributed by atoms with E-state index in [9.17, 15) is 0 Å². The Morgan fingerprint density at radius 1 is 0.333 bits per heavy atom. The third kappa shape index (κ3) is 29.3. The minimum absolute atomic E-state index is 0. The molecule has 0 heterocycles. The first kappa shape index (κ1) is 30.2. The summed E-state index contributed by atoms with van der Waals surface area (Å²) >= 11 is 0. The fourth-order valence-electron chi connectivity index (χ4n) is 3.87. The van der Waals surface area contributed by atoms with E-state index in [-0.39, 0.29) is 29.6 Å². The molecule has 1 radical (unpaired) electrons. The number of hydrogen-bond acceptors (Lipinski definition) is 0. The average Bonchev–Trinajstić information content (AvgIpc) is 2.66. The minimum atomic E-state index is 0. The van der Waals surface area contributed by atoms with Crippen molar-refractivity contribution in [1.29, 1.82) is 0 Å². The molecule has 0 aliphatic carbocycles. The predicted octanol–water partition coefficient (Wildman–Crippen LogP) is 9.55. The van der Waals surface area contributed by atoms with Crippen LogP contribution >= 0.6 is 0 Å². The molecule has 0 unspecified atom stereocenters. The Labute approximate surface area is 196 Å². The van der Waals surface area contributed by atoms with Crippen LogP contribution in [0.4, 0.5) is 0 Å². The summed E-state index contributed by atoms with van der Waals surface area (Å²) in [5.41, 5.74) is 0. The second kappa shape index (κ2) is 29.2. The first-order valence-corrected chi connectivity index (χ1v) is 12.7. The van der Waals surface area contributed by atoms with Gasteiger partial charge in [-0.3, -0.25) is 0 Å². The molecule has 27 heavy (non-hydrogen) atoms. The van der Waals surface area contributed by atoms with E-state index >= 15 is 0 Å². The van der Waals surface area contributed by atoms with Crippen molar-refractivity contribution >= 4 is 29.6 Å². The van der Waals surface area contributed by atoms with Gasteiger partial charge >= 0.3 is 29.6 Å². The van der Waals surface area contributed by atoms with Crippen LogP contribution in [0.1, 0.15) is 162 Å². The summed E-state index contributed by atoms with van der Waals surface area (Å²) in [6, 6.07) is 0. The Balaban J connectivity index is 0. The summed E-state index contributed by atoms with van der Waals surface area (Å²) in [6.07, 6.45) is 35.9. The van der Waals surface area contributed by atoms with Gasteiger partial charge in [0.25, 0.3) is 0 Å². The topological polar surface area (TPSA) is 0 Å². The zero-order valence-electron chi connectivity index (χ0n) is 18.8. The Morgan fingerprint density at radius 3 is 0.815 bits per heavy atom. The second-order valence-corrected chi connectivity index (χ2v) is 8.58. The molecule has 0 saturated heterocycles. The first-order valence-electron chi connectivity index (χ1n) is 12.7. The van der Waals surface area contributed by atoms with Crippen molar-refractivity contribution in [1.82, 2.24) is 0 Å². The quantitative estimate of drug-likeness (QED) is 0.120. The van der Waals surface area contributed by atoms with Crippen LogP contribution in [0.25, 0.3) is 0 Å². The molecule has 0 fully saturated rings. The van der Waals surface area contributed by atoms with Crippen molar-refractivity contribution in [2.75, 3.05) is 0 Å². The molecule has 0 rings (SSSR count). The van der Waals surface area contributed by atoms with Gasteiger partial charge < -0.3 is 0 Å². The molecule has 0 aromatic carbocycles. The van der Waals surface area contributed by atoms with E-state index in [1.54, 1.807) is 0 Å². The van der Waals surface area contributed by atoms with Gasteiger partial charge in [0.05, 0.1) is 0 Å². The van der Waals surface area contributed by atoms with E-state index < -0.39 is 0 Å². The van der Waals surface area contributed by atoms with Gasteiger partial charge in [0.2, 0.25) is 0 Å². The molecule has 0 N–H and O–H groups in total. The van der Waals surface area contributed by atoms with Crippen LogP contribution in [0.2, 0.25) is 0 Å². The van der Waals surface area contributed by atoms with Crippen molar-refractivity contribution in [3.05, 3.63) is 6.42 Å². The number of rotatable bonds is 23. The van der Waals surface area contributed by atoms with Gasteiger partial charge in [-0.25, -0.2) is 0 Å². The van der Waals surface area contributed by atoms with Crippen LogP contribution < -0.4 is 0 Å². The Kier molecular flexibility index (Phi) is 32.7. The van der Waals surface area contributed by atoms with E-state index in [1.807, 2.05) is 0 Å². The number of hydrogen-bond donors (Lipinski definition) is 0. The van der Waals surface area contributed by atoms with Gasteiger partial charge in [0.1, 0.15) is 0 Å². The molecule has 0 amide bonds. The van der Waals surface area contributed by atoms with Gasteiger partial charge in [0, 0.05) is 0 Å². The molecule has 0 atom stereocenters. The summed E-state index contributed by atoms with van der Waals surface area (Å²) in [4.78, 5) is 0. The Bertz CT molecular complexity index is 202. The Hall–Kier alpha value is 1.00. The van der Waals surface area contributed by atoms with Gasteiger partial charge in [-0.1, -0.05) is 162 Å². The molecule has 0 aromatic heterocycles. The van der Waals surface area contributed by atoms with Crippen molar-refractivity contribution in [3.63, 3.8) is 0 Å². The molecule has 1 heteroatoms. The maximum absolute atomic E-state index is 2.56. The van der Waals surface area contributed by atoms with Crippen molar-refractivity contribution < 1.29 is 0 Å². The number of unbranched alkanes of at least 4 members (excludes halogenated alkanes) is 23.